The quantitative estimate of drug-likeness (QED) is 0.295. The Morgan fingerprint density at radius 2 is 2.31 bits per heavy atom. The van der Waals surface area contributed by atoms with Crippen LogP contribution in [0.25, 0.3) is 0 Å². The minimum atomic E-state index is 0.135. The van der Waals surface area contributed by atoms with Gasteiger partial charge in [-0.15, -0.1) is 0 Å². The second-order valence-corrected chi connectivity index (χ2v) is 3.95. The third kappa shape index (κ3) is 2.59. The Morgan fingerprint density at radius 3 is 2.69 bits per heavy atom. The molecule has 1 aliphatic carbocycles. The van der Waals surface area contributed by atoms with Gasteiger partial charge in [0.25, 0.3) is 0 Å². The van der Waals surface area contributed by atoms with E-state index in [-0.39, 0.29) is 5.92 Å². The largest absolute Gasteiger partial charge is 0.409 e. The summed E-state index contributed by atoms with van der Waals surface area (Å²) in [6, 6.07) is 0.717. The molecule has 0 spiro atoms. The molecule has 0 heterocycles. The number of hydrogen-bond acceptors (Lipinski definition) is 3. The number of hydrogen-bond donors (Lipinski definition) is 2. The van der Waals surface area contributed by atoms with Crippen molar-refractivity contribution in [1.29, 1.82) is 0 Å². The molecule has 1 unspecified atom stereocenters. The smallest absolute Gasteiger partial charge is 0.143 e. The molecule has 0 radical (unpaired) electrons. The van der Waals surface area contributed by atoms with Gasteiger partial charge in [-0.05, 0) is 19.9 Å². The summed E-state index contributed by atoms with van der Waals surface area (Å²) in [5.41, 5.74) is 5.50. The van der Waals surface area contributed by atoms with Crippen LogP contribution >= 0.6 is 0 Å². The molecule has 1 aliphatic rings. The molecule has 0 aromatic heterocycles. The molecule has 0 aromatic carbocycles. The zero-order valence-electron chi connectivity index (χ0n) is 8.40. The normalized spacial score (nSPS) is 21.6. The van der Waals surface area contributed by atoms with Crippen LogP contribution in [0.2, 0.25) is 0 Å². The fourth-order valence-electron chi connectivity index (χ4n) is 1.60. The van der Waals surface area contributed by atoms with Gasteiger partial charge in [-0.2, -0.15) is 0 Å². The van der Waals surface area contributed by atoms with Crippen LogP contribution in [0.1, 0.15) is 26.2 Å². The Morgan fingerprint density at radius 1 is 1.69 bits per heavy atom. The summed E-state index contributed by atoms with van der Waals surface area (Å²) in [4.78, 5) is 2.30. The van der Waals surface area contributed by atoms with Crippen molar-refractivity contribution in [3.8, 4) is 0 Å². The summed E-state index contributed by atoms with van der Waals surface area (Å²) in [6.45, 7) is 2.85. The molecule has 13 heavy (non-hydrogen) atoms. The van der Waals surface area contributed by atoms with Crippen LogP contribution in [0, 0.1) is 5.92 Å². The molecule has 0 aliphatic heterocycles. The highest BCUT2D eigenvalue weighted by Gasteiger charge is 2.23. The van der Waals surface area contributed by atoms with Crippen molar-refractivity contribution in [3.63, 3.8) is 0 Å². The molecule has 0 bridgehead atoms. The molecule has 0 amide bonds. The van der Waals surface area contributed by atoms with Gasteiger partial charge < -0.3 is 15.8 Å². The minimum absolute atomic E-state index is 0.135. The number of oxime groups is 1. The van der Waals surface area contributed by atoms with Gasteiger partial charge in [0, 0.05) is 18.5 Å². The molecule has 1 saturated carbocycles. The Labute approximate surface area is 79.4 Å². The molecule has 4 nitrogen and oxygen atoms in total. The Kier molecular flexibility index (Phi) is 3.54. The maximum Gasteiger partial charge on any atom is 0.143 e. The fraction of sp³-hybridized carbons (Fsp3) is 0.889. The van der Waals surface area contributed by atoms with E-state index in [1.54, 1.807) is 0 Å². The van der Waals surface area contributed by atoms with E-state index in [4.69, 9.17) is 10.9 Å². The zero-order chi connectivity index (χ0) is 9.84. The Balaban J connectivity index is 2.30. The average Bonchev–Trinajstić information content (AvgIpc) is 1.99. The van der Waals surface area contributed by atoms with Gasteiger partial charge in [-0.1, -0.05) is 18.5 Å². The lowest BCUT2D eigenvalue weighted by atomic mass is 9.91. The van der Waals surface area contributed by atoms with E-state index in [9.17, 15) is 0 Å². The lowest BCUT2D eigenvalue weighted by Crippen LogP contribution is -2.42. The van der Waals surface area contributed by atoms with Gasteiger partial charge in [-0.25, -0.2) is 0 Å². The van der Waals surface area contributed by atoms with Crippen molar-refractivity contribution in [3.05, 3.63) is 0 Å². The fourth-order valence-corrected chi connectivity index (χ4v) is 1.60. The van der Waals surface area contributed by atoms with Gasteiger partial charge >= 0.3 is 0 Å². The van der Waals surface area contributed by atoms with Crippen LogP contribution < -0.4 is 5.73 Å². The Hall–Kier alpha value is -0.770. The predicted octanol–water partition coefficient (Wildman–Crippen LogP) is 0.853. The van der Waals surface area contributed by atoms with E-state index in [0.717, 1.165) is 6.54 Å². The van der Waals surface area contributed by atoms with Gasteiger partial charge in [0.1, 0.15) is 5.84 Å². The topological polar surface area (TPSA) is 61.8 Å². The lowest BCUT2D eigenvalue weighted by molar-refractivity contribution is 0.151. The first-order chi connectivity index (χ1) is 6.15. The van der Waals surface area contributed by atoms with Crippen molar-refractivity contribution in [1.82, 2.24) is 4.90 Å². The van der Waals surface area contributed by atoms with Gasteiger partial charge in [0.2, 0.25) is 0 Å². The summed E-state index contributed by atoms with van der Waals surface area (Å²) in [6.07, 6.45) is 3.92. The standard InChI is InChI=1S/C9H19N3O/c1-7(9(10)11-13)6-12(2)8-4-3-5-8/h7-8,13H,3-6H2,1-2H3,(H2,10,11). The minimum Gasteiger partial charge on any atom is -0.409 e. The monoisotopic (exact) mass is 185 g/mol. The van der Waals surface area contributed by atoms with Crippen LogP contribution in [-0.2, 0) is 0 Å². The third-order valence-electron chi connectivity index (χ3n) is 2.88. The van der Waals surface area contributed by atoms with Crippen molar-refractivity contribution in [2.75, 3.05) is 13.6 Å². The molecule has 3 N–H and O–H groups in total. The van der Waals surface area contributed by atoms with Crippen LogP contribution in [-0.4, -0.2) is 35.6 Å². The summed E-state index contributed by atoms with van der Waals surface area (Å²) in [5, 5.41) is 11.5. The zero-order valence-corrected chi connectivity index (χ0v) is 8.40. The molecule has 4 heteroatoms. The molecule has 76 valence electrons. The average molecular weight is 185 g/mol. The molecule has 0 saturated heterocycles. The second kappa shape index (κ2) is 4.46. The van der Waals surface area contributed by atoms with Crippen LogP contribution in [0.3, 0.4) is 0 Å². The number of amidine groups is 1. The third-order valence-corrected chi connectivity index (χ3v) is 2.88. The van der Waals surface area contributed by atoms with Crippen molar-refractivity contribution < 1.29 is 5.21 Å². The highest BCUT2D eigenvalue weighted by atomic mass is 16.4. The highest BCUT2D eigenvalue weighted by Crippen LogP contribution is 2.23. The van der Waals surface area contributed by atoms with E-state index in [0.29, 0.717) is 11.9 Å². The van der Waals surface area contributed by atoms with Crippen molar-refractivity contribution >= 4 is 5.84 Å². The lowest BCUT2D eigenvalue weighted by Gasteiger charge is -2.35. The number of rotatable bonds is 4. The van der Waals surface area contributed by atoms with Crippen LogP contribution in [0.15, 0.2) is 5.16 Å². The molecular weight excluding hydrogens is 166 g/mol. The van der Waals surface area contributed by atoms with E-state index < -0.39 is 0 Å². The molecule has 1 rings (SSSR count). The SMILES string of the molecule is CC(CN(C)C1CCC1)C(N)=NO. The van der Waals surface area contributed by atoms with E-state index in [1.807, 2.05) is 6.92 Å². The van der Waals surface area contributed by atoms with Crippen molar-refractivity contribution in [2.45, 2.75) is 32.2 Å². The predicted molar refractivity (Wildman–Crippen MR) is 52.8 cm³/mol. The maximum absolute atomic E-state index is 8.47. The van der Waals surface area contributed by atoms with E-state index in [2.05, 4.69) is 17.1 Å². The summed E-state index contributed by atoms with van der Waals surface area (Å²) in [5.74, 6) is 0.460. The molecular formula is C9H19N3O. The van der Waals surface area contributed by atoms with Crippen molar-refractivity contribution in [2.24, 2.45) is 16.8 Å². The first kappa shape index (κ1) is 10.3. The van der Waals surface area contributed by atoms with E-state index in [1.165, 1.54) is 19.3 Å². The summed E-state index contributed by atoms with van der Waals surface area (Å²) < 4.78 is 0. The van der Waals surface area contributed by atoms with Crippen LogP contribution in [0.4, 0.5) is 0 Å². The number of nitrogens with two attached hydrogens (primary N) is 1. The first-order valence-corrected chi connectivity index (χ1v) is 4.82. The Bertz CT molecular complexity index is 189. The molecule has 1 fully saturated rings. The molecule has 0 aromatic rings. The van der Waals surface area contributed by atoms with Gasteiger partial charge in [-0.3, -0.25) is 0 Å². The first-order valence-electron chi connectivity index (χ1n) is 4.82. The molecule has 1 atom stereocenters. The van der Waals surface area contributed by atoms with Gasteiger partial charge in [0.15, 0.2) is 0 Å². The summed E-state index contributed by atoms with van der Waals surface area (Å²) >= 11 is 0. The highest BCUT2D eigenvalue weighted by molar-refractivity contribution is 5.82. The number of nitrogens with zero attached hydrogens (tertiary/aromatic N) is 2. The maximum atomic E-state index is 8.47. The van der Waals surface area contributed by atoms with Crippen LogP contribution in [0.5, 0.6) is 0 Å². The van der Waals surface area contributed by atoms with E-state index >= 15 is 0 Å². The summed E-state index contributed by atoms with van der Waals surface area (Å²) in [7, 11) is 2.10. The second-order valence-electron chi connectivity index (χ2n) is 3.95. The van der Waals surface area contributed by atoms with Gasteiger partial charge in [0.05, 0.1) is 0 Å².